The summed E-state index contributed by atoms with van der Waals surface area (Å²) < 4.78 is 13.5. The summed E-state index contributed by atoms with van der Waals surface area (Å²) >= 11 is 0.721. The third kappa shape index (κ3) is 5.70. The van der Waals surface area contributed by atoms with Gasteiger partial charge in [-0.3, -0.25) is 4.79 Å². The van der Waals surface area contributed by atoms with Crippen molar-refractivity contribution in [2.45, 2.75) is 6.10 Å². The first-order valence-corrected chi connectivity index (χ1v) is 5.48. The molecule has 0 amide bonds. The minimum absolute atomic E-state index is 0.650. The summed E-state index contributed by atoms with van der Waals surface area (Å²) in [6.07, 6.45) is -0.157. The number of aliphatic hydroxyl groups is 1. The lowest BCUT2D eigenvalue weighted by Crippen LogP contribution is -2.26. The fourth-order valence-electron chi connectivity index (χ4n) is 0.366. The van der Waals surface area contributed by atoms with Crippen LogP contribution < -0.4 is 9.79 Å². The molecule has 0 unspecified atom stereocenters. The smallest absolute Gasteiger partial charge is 0.219 e. The van der Waals surface area contributed by atoms with Crippen LogP contribution in [0.2, 0.25) is 0 Å². The molecule has 0 aromatic carbocycles. The summed E-state index contributed by atoms with van der Waals surface area (Å²) in [6.45, 7) is -0.816. The van der Waals surface area contributed by atoms with E-state index in [0.717, 1.165) is 11.8 Å². The van der Waals surface area contributed by atoms with Crippen LogP contribution >= 0.6 is 19.6 Å². The highest BCUT2D eigenvalue weighted by Crippen LogP contribution is 2.24. The molecule has 0 spiro atoms. The Labute approximate surface area is 73.2 Å². The lowest BCUT2D eigenvalue weighted by atomic mass is 10.4. The first-order chi connectivity index (χ1) is 5.37. The number of carbonyl (C=O) groups is 1. The van der Waals surface area contributed by atoms with Crippen molar-refractivity contribution in [3.63, 3.8) is 0 Å². The fraction of sp³-hybridized carbons (Fsp3) is 0.750. The summed E-state index contributed by atoms with van der Waals surface area (Å²) in [5.74, 6) is 0. The number of phosphoric ester groups is 1. The van der Waals surface area contributed by atoms with Crippen molar-refractivity contribution in [3.05, 3.63) is 0 Å². The van der Waals surface area contributed by atoms with Gasteiger partial charge in [-0.05, 0) is 6.26 Å². The largest absolute Gasteiger partial charge is 0.790 e. The van der Waals surface area contributed by atoms with E-state index in [-0.39, 0.29) is 0 Å². The van der Waals surface area contributed by atoms with Gasteiger partial charge in [0.15, 0.2) is 0 Å². The molecule has 0 fully saturated rings. The van der Waals surface area contributed by atoms with Gasteiger partial charge in [0.1, 0.15) is 6.10 Å². The molecule has 0 aliphatic carbocycles. The Bertz CT molecular complexity index is 200. The van der Waals surface area contributed by atoms with Gasteiger partial charge in [-0.15, -0.1) is 0 Å². The Balaban J connectivity index is 3.79. The second kappa shape index (κ2) is 4.96. The highest BCUT2D eigenvalue weighted by molar-refractivity contribution is 8.13. The molecule has 0 rings (SSSR count). The molecule has 0 aromatic rings. The molecule has 8 heteroatoms. The number of rotatable bonds is 4. The van der Waals surface area contributed by atoms with E-state index in [9.17, 15) is 19.1 Å². The first-order valence-electron chi connectivity index (χ1n) is 2.79. The zero-order valence-electron chi connectivity index (χ0n) is 6.13. The van der Waals surface area contributed by atoms with Gasteiger partial charge >= 0.3 is 0 Å². The predicted molar refractivity (Wildman–Crippen MR) is 38.1 cm³/mol. The predicted octanol–water partition coefficient (Wildman–Crippen LogP) is -1.92. The quantitative estimate of drug-likeness (QED) is 0.543. The Morgan fingerprint density at radius 1 is 1.75 bits per heavy atom. The first kappa shape index (κ1) is 12.1. The monoisotopic (exact) mass is 214 g/mol. The van der Waals surface area contributed by atoms with Crippen LogP contribution in [-0.4, -0.2) is 29.2 Å². The number of carbonyl (C=O) groups excluding carboxylic acids is 1. The Kier molecular flexibility index (Phi) is 5.00. The molecule has 6 nitrogen and oxygen atoms in total. The van der Waals surface area contributed by atoms with E-state index in [4.69, 9.17) is 5.11 Å². The molecule has 0 aromatic heterocycles. The Morgan fingerprint density at radius 2 is 2.25 bits per heavy atom. The molecule has 0 heterocycles. The van der Waals surface area contributed by atoms with E-state index in [1.807, 2.05) is 0 Å². The normalized spacial score (nSPS) is 14.3. The molecule has 72 valence electrons. The number of aliphatic hydroxyl groups excluding tert-OH is 1. The zero-order chi connectivity index (χ0) is 9.78. The van der Waals surface area contributed by atoms with Crippen LogP contribution in [0.5, 0.6) is 0 Å². The second-order valence-corrected chi connectivity index (χ2v) is 3.75. The molecule has 0 bridgehead atoms. The lowest BCUT2D eigenvalue weighted by molar-refractivity contribution is -0.342. The van der Waals surface area contributed by atoms with Crippen LogP contribution in [0.25, 0.3) is 0 Å². The molecule has 1 N–H and O–H groups in total. The van der Waals surface area contributed by atoms with Crippen molar-refractivity contribution in [3.8, 4) is 0 Å². The van der Waals surface area contributed by atoms with Crippen molar-refractivity contribution >= 4 is 24.7 Å². The third-order valence-corrected chi connectivity index (χ3v) is 2.00. The van der Waals surface area contributed by atoms with Crippen molar-refractivity contribution in [1.82, 2.24) is 0 Å². The van der Waals surface area contributed by atoms with E-state index in [1.165, 1.54) is 6.26 Å². The van der Waals surface area contributed by atoms with Crippen molar-refractivity contribution in [2.24, 2.45) is 0 Å². The van der Waals surface area contributed by atoms with Crippen LogP contribution in [-0.2, 0) is 13.9 Å². The maximum atomic E-state index is 10.6. The average Bonchev–Trinajstić information content (AvgIpc) is 1.97. The number of hydrogen-bond acceptors (Lipinski definition) is 7. The summed E-state index contributed by atoms with van der Waals surface area (Å²) in [5.41, 5.74) is 0. The van der Waals surface area contributed by atoms with Crippen molar-refractivity contribution in [1.29, 1.82) is 0 Å². The van der Waals surface area contributed by atoms with Gasteiger partial charge in [-0.25, -0.2) is 0 Å². The van der Waals surface area contributed by atoms with Crippen molar-refractivity contribution < 1.29 is 28.8 Å². The van der Waals surface area contributed by atoms with Crippen LogP contribution in [0.4, 0.5) is 0 Å². The summed E-state index contributed by atoms with van der Waals surface area (Å²) in [5, 5.41) is 8.14. The van der Waals surface area contributed by atoms with Gasteiger partial charge in [0.2, 0.25) is 5.12 Å². The zero-order valence-corrected chi connectivity index (χ0v) is 7.84. The van der Waals surface area contributed by atoms with Gasteiger partial charge in [0.25, 0.3) is 0 Å². The topological polar surface area (TPSA) is 110 Å². The summed E-state index contributed by atoms with van der Waals surface area (Å²) in [4.78, 5) is 30.3. The number of phosphoric acid groups is 1. The van der Waals surface area contributed by atoms with Crippen LogP contribution in [0.15, 0.2) is 0 Å². The molecule has 0 radical (unpaired) electrons. The highest BCUT2D eigenvalue weighted by Gasteiger charge is 2.13. The van der Waals surface area contributed by atoms with E-state index in [1.54, 1.807) is 0 Å². The van der Waals surface area contributed by atoms with Crippen LogP contribution in [0, 0.1) is 0 Å². The van der Waals surface area contributed by atoms with Crippen LogP contribution in [0.1, 0.15) is 0 Å². The van der Waals surface area contributed by atoms with E-state index in [0.29, 0.717) is 0 Å². The maximum absolute atomic E-state index is 10.6. The van der Waals surface area contributed by atoms with E-state index < -0.39 is 25.6 Å². The molecular formula is C4H7O6PS-2. The minimum atomic E-state index is -5.09. The number of thioether (sulfide) groups is 1. The SMILES string of the molecule is CSC(=O)[C@H](O)COP(=O)([O-])[O-]. The number of hydrogen-bond donors (Lipinski definition) is 1. The van der Waals surface area contributed by atoms with E-state index in [2.05, 4.69) is 4.52 Å². The van der Waals surface area contributed by atoms with Crippen molar-refractivity contribution in [2.75, 3.05) is 12.9 Å². The average molecular weight is 214 g/mol. The molecule has 0 aliphatic heterocycles. The molecule has 1 atom stereocenters. The standard InChI is InChI=1S/C4H9O6PS/c1-12-4(6)3(5)2-10-11(7,8)9/h3,5H,2H2,1H3,(H2,7,8,9)/p-2/t3-/m1/s1. The van der Waals surface area contributed by atoms with E-state index >= 15 is 0 Å². The summed E-state index contributed by atoms with van der Waals surface area (Å²) in [6, 6.07) is 0. The van der Waals surface area contributed by atoms with Crippen LogP contribution in [0.3, 0.4) is 0 Å². The Hall–Kier alpha value is 0.0900. The van der Waals surface area contributed by atoms with Gasteiger partial charge in [-0.2, -0.15) is 0 Å². The lowest BCUT2D eigenvalue weighted by Gasteiger charge is -2.29. The van der Waals surface area contributed by atoms with Gasteiger partial charge in [-0.1, -0.05) is 11.8 Å². The van der Waals surface area contributed by atoms with Gasteiger partial charge in [0, 0.05) is 0 Å². The second-order valence-electron chi connectivity index (χ2n) is 1.78. The molecule has 12 heavy (non-hydrogen) atoms. The maximum Gasteiger partial charge on any atom is 0.219 e. The molecular weight excluding hydrogens is 207 g/mol. The fourth-order valence-corrected chi connectivity index (χ4v) is 1.03. The van der Waals surface area contributed by atoms with Gasteiger partial charge < -0.3 is 24.0 Å². The summed E-state index contributed by atoms with van der Waals surface area (Å²) in [7, 11) is -5.09. The van der Waals surface area contributed by atoms with Gasteiger partial charge in [0.05, 0.1) is 14.4 Å². The molecule has 0 aliphatic rings. The minimum Gasteiger partial charge on any atom is -0.790 e. The molecule has 0 saturated heterocycles. The third-order valence-electron chi connectivity index (χ3n) is 0.864. The Morgan fingerprint density at radius 3 is 2.58 bits per heavy atom. The molecule has 0 saturated carbocycles. The highest BCUT2D eigenvalue weighted by atomic mass is 32.2.